The Labute approximate surface area is 357 Å². The first kappa shape index (κ1) is 53.0. The van der Waals surface area contributed by atoms with E-state index in [0.29, 0.717) is 0 Å². The molecule has 22 nitrogen and oxygen atoms in total. The van der Waals surface area contributed by atoms with Crippen molar-refractivity contribution < 1.29 is 79.8 Å². The molecule has 0 aliphatic rings. The van der Waals surface area contributed by atoms with E-state index in [-0.39, 0.29) is 79.8 Å². The van der Waals surface area contributed by atoms with Crippen LogP contribution in [0.4, 0.5) is 11.4 Å². The number of hydrogen-bond donors (Lipinski definition) is 14. The number of amides is 6. The third kappa shape index (κ3) is 12.5. The van der Waals surface area contributed by atoms with Crippen LogP contribution in [0.1, 0.15) is 74.8 Å². The van der Waals surface area contributed by atoms with Gasteiger partial charge < -0.3 is 82.1 Å². The summed E-state index contributed by atoms with van der Waals surface area (Å²) in [4.78, 5) is 81.7. The minimum atomic E-state index is -1.88. The molecule has 0 fully saturated rings. The van der Waals surface area contributed by atoms with Gasteiger partial charge in [-0.15, -0.1) is 0 Å². The molecule has 2 rings (SSSR count). The van der Waals surface area contributed by atoms with Crippen molar-refractivity contribution in [3.05, 3.63) is 55.6 Å². The maximum Gasteiger partial charge on any atom is 0.252 e. The Morgan fingerprint density at radius 3 is 0.984 bits per heavy atom. The molecule has 4 unspecified atom stereocenters. The standard InChI is InChI=1S/C40H60N6O16/c1-19-31(37(59)41-7-27(55)15-51)21(3)35(23(5)33(19)39(61)43-25(11-47)12-48)45(17-53)9-29(57)30(58)10-46(18-54)36-22(4)32(38(60)42-8-28(56)16-52)20(2)34(24(36)6)40(62)44-26(13-49)14-50/h17-18,25-30,47-52,55-58H,7-16H2,1-6H3,(H,41,59)(H,42,60)(H,43,61)(H,44,62). The molecule has 22 heteroatoms. The van der Waals surface area contributed by atoms with E-state index in [2.05, 4.69) is 21.3 Å². The second-order valence-corrected chi connectivity index (χ2v) is 14.8. The molecule has 2 aromatic carbocycles. The second-order valence-electron chi connectivity index (χ2n) is 14.8. The van der Waals surface area contributed by atoms with Crippen LogP contribution in [0.25, 0.3) is 0 Å². The zero-order valence-electron chi connectivity index (χ0n) is 35.5. The molecule has 0 spiro atoms. The maximum atomic E-state index is 13.6. The highest BCUT2D eigenvalue weighted by molar-refractivity contribution is 6.08. The highest BCUT2D eigenvalue weighted by atomic mass is 16.3. The molecule has 0 bridgehead atoms. The minimum absolute atomic E-state index is 0.0708. The Kier molecular flexibility index (Phi) is 20.9. The molecular weight excluding hydrogens is 820 g/mol. The molecule has 0 heterocycles. The van der Waals surface area contributed by atoms with E-state index in [9.17, 15) is 79.8 Å². The van der Waals surface area contributed by atoms with Crippen LogP contribution in [0.3, 0.4) is 0 Å². The summed E-state index contributed by atoms with van der Waals surface area (Å²) in [5, 5.41) is 109. The normalized spacial score (nSPS) is 13.3. The van der Waals surface area contributed by atoms with Gasteiger partial charge >= 0.3 is 0 Å². The number of hydrogen-bond acceptors (Lipinski definition) is 16. The van der Waals surface area contributed by atoms with E-state index in [4.69, 9.17) is 0 Å². The highest BCUT2D eigenvalue weighted by Gasteiger charge is 2.33. The van der Waals surface area contributed by atoms with E-state index in [1.165, 1.54) is 41.5 Å². The summed E-state index contributed by atoms with van der Waals surface area (Å²) in [6.07, 6.45) is -5.93. The number of nitrogens with one attached hydrogen (secondary N) is 4. The van der Waals surface area contributed by atoms with Crippen molar-refractivity contribution in [2.24, 2.45) is 0 Å². The molecule has 0 aliphatic heterocycles. The van der Waals surface area contributed by atoms with Gasteiger partial charge in [0.25, 0.3) is 23.6 Å². The van der Waals surface area contributed by atoms with Gasteiger partial charge in [0.15, 0.2) is 0 Å². The smallest absolute Gasteiger partial charge is 0.252 e. The molecule has 346 valence electrons. The Bertz CT molecular complexity index is 1790. The second kappa shape index (κ2) is 24.5. The summed E-state index contributed by atoms with van der Waals surface area (Å²) < 4.78 is 0. The summed E-state index contributed by atoms with van der Waals surface area (Å²) in [6.45, 7) is 2.38. The summed E-state index contributed by atoms with van der Waals surface area (Å²) in [6, 6.07) is -2.23. The number of carbonyl (C=O) groups is 6. The predicted molar refractivity (Wildman–Crippen MR) is 222 cm³/mol. The molecular formula is C40H60N6O16. The zero-order valence-corrected chi connectivity index (χ0v) is 35.5. The zero-order chi connectivity index (χ0) is 47.2. The molecule has 62 heavy (non-hydrogen) atoms. The monoisotopic (exact) mass is 880 g/mol. The lowest BCUT2D eigenvalue weighted by Gasteiger charge is -2.32. The van der Waals surface area contributed by atoms with Gasteiger partial charge in [-0.2, -0.15) is 0 Å². The molecule has 0 saturated carbocycles. The number of aliphatic hydroxyl groups is 10. The van der Waals surface area contributed by atoms with Crippen molar-refractivity contribution in [3.8, 4) is 0 Å². The third-order valence-corrected chi connectivity index (χ3v) is 10.3. The summed E-state index contributed by atoms with van der Waals surface area (Å²) >= 11 is 0. The van der Waals surface area contributed by atoms with Crippen molar-refractivity contribution in [1.29, 1.82) is 0 Å². The third-order valence-electron chi connectivity index (χ3n) is 10.3. The fourth-order valence-electron chi connectivity index (χ4n) is 7.20. The van der Waals surface area contributed by atoms with Crippen LogP contribution in [-0.4, -0.2) is 190 Å². The van der Waals surface area contributed by atoms with Gasteiger partial charge in [0, 0.05) is 35.3 Å². The van der Waals surface area contributed by atoms with Gasteiger partial charge in [-0.05, 0) is 74.9 Å². The van der Waals surface area contributed by atoms with E-state index < -0.39 is 126 Å². The predicted octanol–water partition coefficient (Wildman–Crippen LogP) is -4.78. The first-order valence-electron chi connectivity index (χ1n) is 19.5. The van der Waals surface area contributed by atoms with E-state index >= 15 is 0 Å². The van der Waals surface area contributed by atoms with Crippen molar-refractivity contribution in [2.75, 3.05) is 75.6 Å². The number of carbonyl (C=O) groups excluding carboxylic acids is 6. The number of aliphatic hydroxyl groups excluding tert-OH is 10. The highest BCUT2D eigenvalue weighted by Crippen LogP contribution is 2.36. The van der Waals surface area contributed by atoms with Crippen LogP contribution in [0.5, 0.6) is 0 Å². The first-order chi connectivity index (χ1) is 29.2. The van der Waals surface area contributed by atoms with Gasteiger partial charge in [-0.1, -0.05) is 0 Å². The van der Waals surface area contributed by atoms with Crippen molar-refractivity contribution in [1.82, 2.24) is 21.3 Å². The Balaban J connectivity index is 2.73. The Morgan fingerprint density at radius 2 is 0.742 bits per heavy atom. The van der Waals surface area contributed by atoms with Crippen LogP contribution < -0.4 is 31.1 Å². The number of anilines is 2. The van der Waals surface area contributed by atoms with Gasteiger partial charge in [0.1, 0.15) is 0 Å². The fraction of sp³-hybridized carbons (Fsp3) is 0.550. The summed E-state index contributed by atoms with van der Waals surface area (Å²) in [5.41, 5.74) is -0.126. The fourth-order valence-corrected chi connectivity index (χ4v) is 7.20. The lowest BCUT2D eigenvalue weighted by molar-refractivity contribution is -0.109. The minimum Gasteiger partial charge on any atom is -0.394 e. The van der Waals surface area contributed by atoms with Crippen molar-refractivity contribution >= 4 is 47.8 Å². The van der Waals surface area contributed by atoms with Gasteiger partial charge in [0.05, 0.1) is 101 Å². The molecule has 0 aromatic heterocycles. The van der Waals surface area contributed by atoms with Crippen molar-refractivity contribution in [2.45, 2.75) is 78.0 Å². The topological polar surface area (TPSA) is 359 Å². The Hall–Kier alpha value is -5.14. The molecule has 4 atom stereocenters. The van der Waals surface area contributed by atoms with E-state index in [1.807, 2.05) is 0 Å². The van der Waals surface area contributed by atoms with Gasteiger partial charge in [-0.3, -0.25) is 28.8 Å². The summed E-state index contributed by atoms with van der Waals surface area (Å²) in [7, 11) is 0. The van der Waals surface area contributed by atoms with Crippen LogP contribution in [0, 0.1) is 41.5 Å². The number of benzene rings is 2. The average Bonchev–Trinajstić information content (AvgIpc) is 3.24. The van der Waals surface area contributed by atoms with Gasteiger partial charge in [-0.25, -0.2) is 0 Å². The molecule has 0 radical (unpaired) electrons. The summed E-state index contributed by atoms with van der Waals surface area (Å²) in [5.74, 6) is -3.36. The molecule has 6 amide bonds. The number of rotatable bonds is 25. The van der Waals surface area contributed by atoms with Crippen LogP contribution in [0.2, 0.25) is 0 Å². The van der Waals surface area contributed by atoms with Crippen LogP contribution in [0.15, 0.2) is 0 Å². The first-order valence-corrected chi connectivity index (χ1v) is 19.5. The quantitative estimate of drug-likeness (QED) is 0.0416. The van der Waals surface area contributed by atoms with Crippen LogP contribution >= 0.6 is 0 Å². The average molecular weight is 881 g/mol. The maximum absolute atomic E-state index is 13.6. The lowest BCUT2D eigenvalue weighted by Crippen LogP contribution is -2.46. The van der Waals surface area contributed by atoms with E-state index in [1.54, 1.807) is 0 Å². The number of nitrogens with zero attached hydrogens (tertiary/aromatic N) is 2. The molecule has 0 aliphatic carbocycles. The van der Waals surface area contributed by atoms with Crippen LogP contribution in [-0.2, 0) is 9.59 Å². The molecule has 0 saturated heterocycles. The van der Waals surface area contributed by atoms with Crippen molar-refractivity contribution in [3.63, 3.8) is 0 Å². The van der Waals surface area contributed by atoms with Gasteiger partial charge in [0.2, 0.25) is 12.8 Å². The molecule has 2 aromatic rings. The Morgan fingerprint density at radius 1 is 0.468 bits per heavy atom. The lowest BCUT2D eigenvalue weighted by atomic mass is 9.89. The SMILES string of the molecule is Cc1c(C(=O)NCC(O)CO)c(C)c(N(C=O)CC(O)C(O)CN(C=O)c2c(C)c(C(=O)NCC(O)CO)c(C)c(C(=O)NC(CO)CO)c2C)c(C)c1C(=O)NC(CO)CO. The molecule has 14 N–H and O–H groups in total. The van der Waals surface area contributed by atoms with E-state index in [0.717, 1.165) is 9.80 Å². The largest absolute Gasteiger partial charge is 0.394 e.